The predicted octanol–water partition coefficient (Wildman–Crippen LogP) is 0.323. The largest absolute Gasteiger partial charge is 0.481 e. The highest BCUT2D eigenvalue weighted by Gasteiger charge is 2.26. The first-order valence-corrected chi connectivity index (χ1v) is 5.01. The zero-order valence-corrected chi connectivity index (χ0v) is 9.56. The Labute approximate surface area is 93.6 Å². The minimum Gasteiger partial charge on any atom is -0.481 e. The summed E-state index contributed by atoms with van der Waals surface area (Å²) in [5.41, 5.74) is 0. The van der Waals surface area contributed by atoms with Crippen LogP contribution >= 0.6 is 0 Å². The van der Waals surface area contributed by atoms with Gasteiger partial charge in [0.15, 0.2) is 0 Å². The van der Waals surface area contributed by atoms with E-state index in [-0.39, 0.29) is 12.3 Å². The summed E-state index contributed by atoms with van der Waals surface area (Å²) in [5, 5.41) is 19.6. The molecule has 1 amide bonds. The third kappa shape index (κ3) is 4.77. The standard InChI is InChI=1S/C10H17NO5/c1-5(2)4-7(10(15)16)11-8(12)6(3)9(13)14/h5-7H,4H2,1-3H3,(H,11,12)(H,13,14)(H,15,16). The molecule has 0 saturated carbocycles. The molecule has 0 aliphatic rings. The molecule has 0 aromatic carbocycles. The summed E-state index contributed by atoms with van der Waals surface area (Å²) in [6.07, 6.45) is 0.271. The molecule has 0 aromatic heterocycles. The molecule has 3 N–H and O–H groups in total. The molecule has 0 aliphatic heterocycles. The molecular weight excluding hydrogens is 214 g/mol. The molecule has 0 radical (unpaired) electrons. The number of carbonyl (C=O) groups excluding carboxylic acids is 1. The van der Waals surface area contributed by atoms with Crippen molar-refractivity contribution in [2.45, 2.75) is 33.2 Å². The zero-order chi connectivity index (χ0) is 12.9. The van der Waals surface area contributed by atoms with Crippen LogP contribution < -0.4 is 5.32 Å². The number of aliphatic carboxylic acids is 2. The fourth-order valence-corrected chi connectivity index (χ4v) is 1.10. The molecule has 6 nitrogen and oxygen atoms in total. The monoisotopic (exact) mass is 231 g/mol. The van der Waals surface area contributed by atoms with E-state index in [1.54, 1.807) is 0 Å². The highest BCUT2D eigenvalue weighted by Crippen LogP contribution is 2.06. The number of hydrogen-bond acceptors (Lipinski definition) is 3. The van der Waals surface area contributed by atoms with Crippen LogP contribution in [0.4, 0.5) is 0 Å². The normalized spacial score (nSPS) is 14.2. The molecule has 0 aliphatic carbocycles. The molecule has 0 heterocycles. The smallest absolute Gasteiger partial charge is 0.326 e. The van der Waals surface area contributed by atoms with Gasteiger partial charge in [0.2, 0.25) is 5.91 Å². The predicted molar refractivity (Wildman–Crippen MR) is 55.8 cm³/mol. The van der Waals surface area contributed by atoms with Crippen molar-refractivity contribution in [3.63, 3.8) is 0 Å². The van der Waals surface area contributed by atoms with E-state index in [0.717, 1.165) is 0 Å². The Kier molecular flexibility index (Phi) is 5.49. The second-order valence-electron chi connectivity index (χ2n) is 4.09. The molecule has 0 rings (SSSR count). The first-order chi connectivity index (χ1) is 7.25. The lowest BCUT2D eigenvalue weighted by molar-refractivity contribution is -0.149. The van der Waals surface area contributed by atoms with Gasteiger partial charge in [0.1, 0.15) is 12.0 Å². The summed E-state index contributed by atoms with van der Waals surface area (Å²) >= 11 is 0. The van der Waals surface area contributed by atoms with Crippen LogP contribution in [-0.4, -0.2) is 34.1 Å². The summed E-state index contributed by atoms with van der Waals surface area (Å²) in [4.78, 5) is 32.6. The van der Waals surface area contributed by atoms with Gasteiger partial charge in [-0.2, -0.15) is 0 Å². The second-order valence-corrected chi connectivity index (χ2v) is 4.09. The van der Waals surface area contributed by atoms with Crippen LogP contribution in [0, 0.1) is 11.8 Å². The highest BCUT2D eigenvalue weighted by atomic mass is 16.4. The lowest BCUT2D eigenvalue weighted by Crippen LogP contribution is -2.45. The maximum absolute atomic E-state index is 11.3. The van der Waals surface area contributed by atoms with E-state index < -0.39 is 29.8 Å². The minimum atomic E-state index is -1.27. The van der Waals surface area contributed by atoms with E-state index in [1.165, 1.54) is 6.92 Å². The minimum absolute atomic E-state index is 0.0986. The molecule has 0 aromatic rings. The molecule has 0 fully saturated rings. The van der Waals surface area contributed by atoms with E-state index >= 15 is 0 Å². The summed E-state index contributed by atoms with van der Waals surface area (Å²) in [7, 11) is 0. The van der Waals surface area contributed by atoms with Crippen molar-refractivity contribution < 1.29 is 24.6 Å². The van der Waals surface area contributed by atoms with Crippen LogP contribution in [0.15, 0.2) is 0 Å². The van der Waals surface area contributed by atoms with E-state index in [1.807, 2.05) is 13.8 Å². The van der Waals surface area contributed by atoms with Crippen molar-refractivity contribution in [3.8, 4) is 0 Å². The average molecular weight is 231 g/mol. The molecule has 0 spiro atoms. The van der Waals surface area contributed by atoms with Crippen LogP contribution in [0.5, 0.6) is 0 Å². The van der Waals surface area contributed by atoms with Gasteiger partial charge in [0.05, 0.1) is 0 Å². The number of carboxylic acid groups (broad SMARTS) is 2. The summed E-state index contributed by atoms with van der Waals surface area (Å²) in [5.74, 6) is -4.35. The Morgan fingerprint density at radius 2 is 1.56 bits per heavy atom. The number of carbonyl (C=O) groups is 3. The molecule has 2 unspecified atom stereocenters. The van der Waals surface area contributed by atoms with Crippen LogP contribution in [0.25, 0.3) is 0 Å². The van der Waals surface area contributed by atoms with E-state index in [4.69, 9.17) is 10.2 Å². The summed E-state index contributed by atoms with van der Waals surface area (Å²) in [6, 6.07) is -1.03. The number of nitrogens with one attached hydrogen (secondary N) is 1. The summed E-state index contributed by atoms with van der Waals surface area (Å²) < 4.78 is 0. The molecular formula is C10H17NO5. The van der Waals surface area contributed by atoms with Gasteiger partial charge in [0.25, 0.3) is 0 Å². The number of amides is 1. The molecule has 16 heavy (non-hydrogen) atoms. The first-order valence-electron chi connectivity index (χ1n) is 5.01. The van der Waals surface area contributed by atoms with E-state index in [2.05, 4.69) is 5.32 Å². The fourth-order valence-electron chi connectivity index (χ4n) is 1.10. The fraction of sp³-hybridized carbons (Fsp3) is 0.700. The van der Waals surface area contributed by atoms with Gasteiger partial charge in [-0.05, 0) is 19.3 Å². The van der Waals surface area contributed by atoms with E-state index in [0.29, 0.717) is 0 Å². The molecule has 92 valence electrons. The quantitative estimate of drug-likeness (QED) is 0.571. The van der Waals surface area contributed by atoms with Gasteiger partial charge in [-0.15, -0.1) is 0 Å². The van der Waals surface area contributed by atoms with Crippen LogP contribution in [0.2, 0.25) is 0 Å². The van der Waals surface area contributed by atoms with Crippen LogP contribution in [0.1, 0.15) is 27.2 Å². The van der Waals surface area contributed by atoms with Gasteiger partial charge >= 0.3 is 11.9 Å². The maximum atomic E-state index is 11.3. The lowest BCUT2D eigenvalue weighted by atomic mass is 10.0. The van der Waals surface area contributed by atoms with Crippen molar-refractivity contribution in [2.24, 2.45) is 11.8 Å². The molecule has 0 saturated heterocycles. The third-order valence-corrected chi connectivity index (χ3v) is 2.09. The van der Waals surface area contributed by atoms with Crippen molar-refractivity contribution in [1.82, 2.24) is 5.32 Å². The van der Waals surface area contributed by atoms with Crippen molar-refractivity contribution in [2.75, 3.05) is 0 Å². The average Bonchev–Trinajstić information content (AvgIpc) is 2.14. The summed E-state index contributed by atoms with van der Waals surface area (Å²) in [6.45, 7) is 4.86. The third-order valence-electron chi connectivity index (χ3n) is 2.09. The Morgan fingerprint density at radius 1 is 1.06 bits per heavy atom. The van der Waals surface area contributed by atoms with Crippen molar-refractivity contribution in [1.29, 1.82) is 0 Å². The lowest BCUT2D eigenvalue weighted by Gasteiger charge is -2.17. The molecule has 2 atom stereocenters. The van der Waals surface area contributed by atoms with Gasteiger partial charge in [-0.25, -0.2) is 4.79 Å². The van der Waals surface area contributed by atoms with E-state index in [9.17, 15) is 14.4 Å². The van der Waals surface area contributed by atoms with Crippen molar-refractivity contribution >= 4 is 17.8 Å². The van der Waals surface area contributed by atoms with Gasteiger partial charge < -0.3 is 15.5 Å². The van der Waals surface area contributed by atoms with Crippen LogP contribution in [0.3, 0.4) is 0 Å². The highest BCUT2D eigenvalue weighted by molar-refractivity contribution is 5.97. The second kappa shape index (κ2) is 6.09. The van der Waals surface area contributed by atoms with Gasteiger partial charge in [-0.3, -0.25) is 9.59 Å². The first kappa shape index (κ1) is 14.4. The van der Waals surface area contributed by atoms with Crippen LogP contribution in [-0.2, 0) is 14.4 Å². The van der Waals surface area contributed by atoms with Gasteiger partial charge in [-0.1, -0.05) is 13.8 Å². The number of carboxylic acids is 2. The topological polar surface area (TPSA) is 104 Å². The Bertz CT molecular complexity index is 287. The zero-order valence-electron chi connectivity index (χ0n) is 9.56. The maximum Gasteiger partial charge on any atom is 0.326 e. The van der Waals surface area contributed by atoms with Crippen molar-refractivity contribution in [3.05, 3.63) is 0 Å². The SMILES string of the molecule is CC(C)CC(NC(=O)C(C)C(=O)O)C(=O)O. The number of hydrogen-bond donors (Lipinski definition) is 3. The number of rotatable bonds is 6. The Morgan fingerprint density at radius 3 is 1.88 bits per heavy atom. The molecule has 6 heteroatoms. The van der Waals surface area contributed by atoms with Gasteiger partial charge in [0, 0.05) is 0 Å². The molecule has 0 bridgehead atoms. The Hall–Kier alpha value is -1.59. The Balaban J connectivity index is 4.46.